The molecule has 0 saturated carbocycles. The van der Waals surface area contributed by atoms with E-state index in [1.165, 1.54) is 5.56 Å². The van der Waals surface area contributed by atoms with Crippen LogP contribution in [0.4, 0.5) is 23.1 Å². The van der Waals surface area contributed by atoms with E-state index in [1.54, 1.807) is 20.4 Å². The van der Waals surface area contributed by atoms with E-state index < -0.39 is 0 Å². The Morgan fingerprint density at radius 2 is 1.67 bits per heavy atom. The fraction of sp³-hybridized carbons (Fsp3) is 0.238. The molecule has 2 aromatic carbocycles. The van der Waals surface area contributed by atoms with Crippen LogP contribution in [-0.4, -0.2) is 24.2 Å². The number of nitrogens with zero attached hydrogens (tertiary/aromatic N) is 2. The summed E-state index contributed by atoms with van der Waals surface area (Å²) in [5, 5.41) is 6.58. The minimum Gasteiger partial charge on any atom is -0.493 e. The summed E-state index contributed by atoms with van der Waals surface area (Å²) in [6, 6.07) is 15.6. The molecular weight excluding hydrogens is 340 g/mol. The van der Waals surface area contributed by atoms with Crippen molar-refractivity contribution in [1.82, 2.24) is 9.97 Å². The molecule has 0 atom stereocenters. The smallest absolute Gasteiger partial charge is 0.229 e. The fourth-order valence-electron chi connectivity index (χ4n) is 2.78. The molecule has 0 unspecified atom stereocenters. The van der Waals surface area contributed by atoms with E-state index in [2.05, 4.69) is 46.6 Å². The zero-order valence-electron chi connectivity index (χ0n) is 16.0. The van der Waals surface area contributed by atoms with Gasteiger partial charge < -0.3 is 20.1 Å². The molecule has 0 aliphatic rings. The number of aromatic nitrogens is 2. The van der Waals surface area contributed by atoms with E-state index >= 15 is 0 Å². The van der Waals surface area contributed by atoms with Gasteiger partial charge in [0, 0.05) is 23.6 Å². The van der Waals surface area contributed by atoms with E-state index in [0.29, 0.717) is 23.4 Å². The summed E-state index contributed by atoms with van der Waals surface area (Å²) in [4.78, 5) is 8.85. The zero-order valence-corrected chi connectivity index (χ0v) is 16.0. The Kier molecular flexibility index (Phi) is 5.76. The van der Waals surface area contributed by atoms with Crippen LogP contribution in [0.1, 0.15) is 25.3 Å². The lowest BCUT2D eigenvalue weighted by Gasteiger charge is -2.14. The van der Waals surface area contributed by atoms with Gasteiger partial charge in [0.1, 0.15) is 5.82 Å². The lowest BCUT2D eigenvalue weighted by atomic mass is 10.0. The van der Waals surface area contributed by atoms with Gasteiger partial charge in [-0.1, -0.05) is 32.0 Å². The second-order valence-corrected chi connectivity index (χ2v) is 6.33. The van der Waals surface area contributed by atoms with Gasteiger partial charge in [0.05, 0.1) is 14.2 Å². The molecule has 3 rings (SSSR count). The van der Waals surface area contributed by atoms with Gasteiger partial charge in [-0.25, -0.2) is 4.98 Å². The average molecular weight is 364 g/mol. The number of hydrogen-bond donors (Lipinski definition) is 2. The largest absolute Gasteiger partial charge is 0.493 e. The molecule has 0 radical (unpaired) electrons. The molecule has 3 aromatic rings. The zero-order chi connectivity index (χ0) is 19.2. The molecule has 2 N–H and O–H groups in total. The fourth-order valence-corrected chi connectivity index (χ4v) is 2.78. The first-order valence-electron chi connectivity index (χ1n) is 8.78. The van der Waals surface area contributed by atoms with Gasteiger partial charge in [0.15, 0.2) is 11.5 Å². The third-order valence-electron chi connectivity index (χ3n) is 4.14. The van der Waals surface area contributed by atoms with E-state index in [-0.39, 0.29) is 0 Å². The van der Waals surface area contributed by atoms with Crippen molar-refractivity contribution in [2.24, 2.45) is 0 Å². The summed E-state index contributed by atoms with van der Waals surface area (Å²) in [6.07, 6.45) is 1.72. The maximum atomic E-state index is 5.33. The number of para-hydroxylation sites is 1. The highest BCUT2D eigenvalue weighted by Crippen LogP contribution is 2.31. The number of anilines is 4. The summed E-state index contributed by atoms with van der Waals surface area (Å²) < 4.78 is 10.6. The second-order valence-electron chi connectivity index (χ2n) is 6.33. The SMILES string of the molecule is COc1ccc(Nc2nccc(Nc3ccccc3C(C)C)n2)cc1OC. The van der Waals surface area contributed by atoms with Gasteiger partial charge in [-0.05, 0) is 35.7 Å². The van der Waals surface area contributed by atoms with Crippen LogP contribution >= 0.6 is 0 Å². The van der Waals surface area contributed by atoms with Crippen LogP contribution in [0, 0.1) is 0 Å². The molecule has 140 valence electrons. The second kappa shape index (κ2) is 8.40. The van der Waals surface area contributed by atoms with Crippen molar-refractivity contribution in [2.75, 3.05) is 24.9 Å². The third kappa shape index (κ3) is 4.47. The van der Waals surface area contributed by atoms with Crippen LogP contribution in [0.15, 0.2) is 54.7 Å². The van der Waals surface area contributed by atoms with Crippen molar-refractivity contribution < 1.29 is 9.47 Å². The normalized spacial score (nSPS) is 10.6. The highest BCUT2D eigenvalue weighted by atomic mass is 16.5. The van der Waals surface area contributed by atoms with Crippen LogP contribution in [0.25, 0.3) is 0 Å². The minimum atomic E-state index is 0.417. The Hall–Kier alpha value is -3.28. The topological polar surface area (TPSA) is 68.3 Å². The van der Waals surface area contributed by atoms with E-state index in [9.17, 15) is 0 Å². The molecule has 0 saturated heterocycles. The minimum absolute atomic E-state index is 0.417. The Morgan fingerprint density at radius 1 is 0.889 bits per heavy atom. The highest BCUT2D eigenvalue weighted by Gasteiger charge is 2.09. The number of nitrogens with one attached hydrogen (secondary N) is 2. The van der Waals surface area contributed by atoms with Gasteiger partial charge in [0.2, 0.25) is 5.95 Å². The van der Waals surface area contributed by atoms with Gasteiger partial charge in [-0.2, -0.15) is 4.98 Å². The molecular formula is C21H24N4O2. The Labute approximate surface area is 159 Å². The number of ether oxygens (including phenoxy) is 2. The van der Waals surface area contributed by atoms with Gasteiger partial charge in [0.25, 0.3) is 0 Å². The standard InChI is InChI=1S/C21H24N4O2/c1-14(2)16-7-5-6-8-17(16)24-20-11-12-22-21(25-20)23-15-9-10-18(26-3)19(13-15)27-4/h5-14H,1-4H3,(H2,22,23,24,25). The van der Waals surface area contributed by atoms with E-state index in [4.69, 9.17) is 9.47 Å². The summed E-state index contributed by atoms with van der Waals surface area (Å²) in [6.45, 7) is 4.34. The number of benzene rings is 2. The Bertz CT molecular complexity index is 912. The van der Waals surface area contributed by atoms with Crippen LogP contribution in [0.5, 0.6) is 11.5 Å². The lowest BCUT2D eigenvalue weighted by molar-refractivity contribution is 0.355. The van der Waals surface area contributed by atoms with Crippen LogP contribution < -0.4 is 20.1 Å². The molecule has 0 amide bonds. The summed E-state index contributed by atoms with van der Waals surface area (Å²) >= 11 is 0. The van der Waals surface area contributed by atoms with Crippen LogP contribution in [0.3, 0.4) is 0 Å². The highest BCUT2D eigenvalue weighted by molar-refractivity contribution is 5.64. The Balaban J connectivity index is 1.80. The molecule has 0 spiro atoms. The van der Waals surface area contributed by atoms with Crippen molar-refractivity contribution in [2.45, 2.75) is 19.8 Å². The van der Waals surface area contributed by atoms with Gasteiger partial charge in [-0.15, -0.1) is 0 Å². The summed E-state index contributed by atoms with van der Waals surface area (Å²) in [5.41, 5.74) is 3.10. The predicted molar refractivity (Wildman–Crippen MR) is 109 cm³/mol. The molecule has 0 fully saturated rings. The molecule has 1 heterocycles. The molecule has 1 aromatic heterocycles. The Morgan fingerprint density at radius 3 is 2.41 bits per heavy atom. The first-order chi connectivity index (χ1) is 13.1. The van der Waals surface area contributed by atoms with Crippen LogP contribution in [-0.2, 0) is 0 Å². The lowest BCUT2D eigenvalue weighted by Crippen LogP contribution is -2.02. The molecule has 0 aliphatic heterocycles. The number of hydrogen-bond acceptors (Lipinski definition) is 6. The maximum absolute atomic E-state index is 5.33. The van der Waals surface area contributed by atoms with Crippen molar-refractivity contribution in [3.63, 3.8) is 0 Å². The van der Waals surface area contributed by atoms with Gasteiger partial charge >= 0.3 is 0 Å². The summed E-state index contributed by atoms with van der Waals surface area (Å²) in [5.74, 6) is 2.95. The van der Waals surface area contributed by atoms with Crippen molar-refractivity contribution in [3.05, 3.63) is 60.3 Å². The maximum Gasteiger partial charge on any atom is 0.229 e. The van der Waals surface area contributed by atoms with E-state index in [1.807, 2.05) is 36.4 Å². The average Bonchev–Trinajstić information content (AvgIpc) is 2.68. The van der Waals surface area contributed by atoms with Gasteiger partial charge in [-0.3, -0.25) is 0 Å². The number of methoxy groups -OCH3 is 2. The van der Waals surface area contributed by atoms with Crippen molar-refractivity contribution in [3.8, 4) is 11.5 Å². The van der Waals surface area contributed by atoms with Crippen LogP contribution in [0.2, 0.25) is 0 Å². The molecule has 6 nitrogen and oxygen atoms in total. The number of rotatable bonds is 7. The molecule has 27 heavy (non-hydrogen) atoms. The quantitative estimate of drug-likeness (QED) is 0.607. The summed E-state index contributed by atoms with van der Waals surface area (Å²) in [7, 11) is 3.22. The van der Waals surface area contributed by atoms with E-state index in [0.717, 1.165) is 17.2 Å². The molecule has 0 aliphatic carbocycles. The monoisotopic (exact) mass is 364 g/mol. The molecule has 6 heteroatoms. The third-order valence-corrected chi connectivity index (χ3v) is 4.14. The van der Waals surface area contributed by atoms with Crippen molar-refractivity contribution >= 4 is 23.1 Å². The first-order valence-corrected chi connectivity index (χ1v) is 8.78. The van der Waals surface area contributed by atoms with Crippen molar-refractivity contribution in [1.29, 1.82) is 0 Å². The first kappa shape index (κ1) is 18.5. The molecule has 0 bridgehead atoms. The predicted octanol–water partition coefficient (Wildman–Crippen LogP) is 5.10.